The largest absolute Gasteiger partial charge is 0.497 e. The van der Waals surface area contributed by atoms with Crippen LogP contribution >= 0.6 is 0 Å². The van der Waals surface area contributed by atoms with Gasteiger partial charge in [0.05, 0.1) is 17.7 Å². The van der Waals surface area contributed by atoms with E-state index in [4.69, 9.17) is 4.74 Å². The van der Waals surface area contributed by atoms with Gasteiger partial charge in [0.15, 0.2) is 0 Å². The lowest BCUT2D eigenvalue weighted by Crippen LogP contribution is -2.36. The Labute approximate surface area is 137 Å². The molecule has 1 heterocycles. The molecule has 0 fully saturated rings. The number of hydrogen-bond acceptors (Lipinski definition) is 3. The number of hydrogen-bond donors (Lipinski definition) is 0. The highest BCUT2D eigenvalue weighted by molar-refractivity contribution is 7.93. The first-order valence-corrected chi connectivity index (χ1v) is 9.08. The third-order valence-electron chi connectivity index (χ3n) is 4.33. The van der Waals surface area contributed by atoms with E-state index in [9.17, 15) is 8.42 Å². The fourth-order valence-electron chi connectivity index (χ4n) is 3.44. The zero-order valence-corrected chi connectivity index (χ0v) is 14.6. The standard InChI is InChI=1S/C18H21NO3S/c1-12-9-16(22-4)10-13(2)18(12)23(20,21)19-14(3)11-15-7-5-6-8-17(15)19/h5-10,14H,11H2,1-4H3. The second-order valence-electron chi connectivity index (χ2n) is 6.07. The number of aryl methyl sites for hydroxylation is 2. The number of nitrogens with zero attached hydrogens (tertiary/aromatic N) is 1. The van der Waals surface area contributed by atoms with Gasteiger partial charge in [-0.05, 0) is 62.1 Å². The van der Waals surface area contributed by atoms with Crippen molar-refractivity contribution in [2.75, 3.05) is 11.4 Å². The lowest BCUT2D eigenvalue weighted by Gasteiger charge is -2.26. The minimum Gasteiger partial charge on any atom is -0.497 e. The van der Waals surface area contributed by atoms with E-state index in [1.165, 1.54) is 0 Å². The molecule has 1 aliphatic heterocycles. The van der Waals surface area contributed by atoms with Crippen LogP contribution < -0.4 is 9.04 Å². The van der Waals surface area contributed by atoms with Gasteiger partial charge < -0.3 is 4.74 Å². The highest BCUT2D eigenvalue weighted by atomic mass is 32.2. The second kappa shape index (κ2) is 5.57. The third kappa shape index (κ3) is 2.49. The summed E-state index contributed by atoms with van der Waals surface area (Å²) in [6, 6.07) is 11.2. The van der Waals surface area contributed by atoms with Crippen molar-refractivity contribution < 1.29 is 13.2 Å². The maximum absolute atomic E-state index is 13.3. The fourth-order valence-corrected chi connectivity index (χ4v) is 5.55. The van der Waals surface area contributed by atoms with E-state index in [-0.39, 0.29) is 6.04 Å². The van der Waals surface area contributed by atoms with Gasteiger partial charge in [0.2, 0.25) is 0 Å². The molecule has 0 spiro atoms. The number of methoxy groups -OCH3 is 1. The first-order chi connectivity index (χ1) is 10.9. The lowest BCUT2D eigenvalue weighted by atomic mass is 10.1. The Kier molecular flexibility index (Phi) is 3.84. The quantitative estimate of drug-likeness (QED) is 0.865. The third-order valence-corrected chi connectivity index (χ3v) is 6.57. The molecule has 0 N–H and O–H groups in total. The fraction of sp³-hybridized carbons (Fsp3) is 0.333. The molecule has 0 bridgehead atoms. The molecule has 5 heteroatoms. The molecule has 1 unspecified atom stereocenters. The lowest BCUT2D eigenvalue weighted by molar-refractivity contribution is 0.413. The van der Waals surface area contributed by atoms with Crippen LogP contribution in [0.25, 0.3) is 0 Å². The molecule has 0 aromatic heterocycles. The molecule has 4 nitrogen and oxygen atoms in total. The summed E-state index contributed by atoms with van der Waals surface area (Å²) in [5, 5.41) is 0. The maximum atomic E-state index is 13.3. The predicted molar refractivity (Wildman–Crippen MR) is 91.7 cm³/mol. The van der Waals surface area contributed by atoms with E-state index in [1.54, 1.807) is 23.5 Å². The van der Waals surface area contributed by atoms with Gasteiger partial charge in [-0.25, -0.2) is 8.42 Å². The number of rotatable bonds is 3. The molecule has 2 aromatic carbocycles. The molecule has 0 saturated heterocycles. The van der Waals surface area contributed by atoms with E-state index in [0.717, 1.165) is 17.7 Å². The summed E-state index contributed by atoms with van der Waals surface area (Å²) in [4.78, 5) is 0.377. The number of fused-ring (bicyclic) bond motifs is 1. The van der Waals surface area contributed by atoms with Gasteiger partial charge >= 0.3 is 0 Å². The van der Waals surface area contributed by atoms with Crippen molar-refractivity contribution in [2.24, 2.45) is 0 Å². The van der Waals surface area contributed by atoms with Gasteiger partial charge in [0.1, 0.15) is 5.75 Å². The SMILES string of the molecule is COc1cc(C)c(S(=O)(=O)N2c3ccccc3CC2C)c(C)c1. The van der Waals surface area contributed by atoms with Gasteiger partial charge in [-0.3, -0.25) is 4.31 Å². The van der Waals surface area contributed by atoms with Crippen LogP contribution in [0.4, 0.5) is 5.69 Å². The zero-order valence-electron chi connectivity index (χ0n) is 13.8. The van der Waals surface area contributed by atoms with Gasteiger partial charge in [-0.1, -0.05) is 18.2 Å². The smallest absolute Gasteiger partial charge is 0.265 e. The van der Waals surface area contributed by atoms with Crippen molar-refractivity contribution in [1.82, 2.24) is 0 Å². The predicted octanol–water partition coefficient (Wildman–Crippen LogP) is 3.45. The van der Waals surface area contributed by atoms with Gasteiger partial charge in [-0.2, -0.15) is 0 Å². The number of anilines is 1. The molecule has 0 amide bonds. The van der Waals surface area contributed by atoms with E-state index >= 15 is 0 Å². The van der Waals surface area contributed by atoms with Gasteiger partial charge in [-0.15, -0.1) is 0 Å². The van der Waals surface area contributed by atoms with Gasteiger partial charge in [0, 0.05) is 6.04 Å². The Morgan fingerprint density at radius 1 is 1.13 bits per heavy atom. The summed E-state index contributed by atoms with van der Waals surface area (Å²) in [5.41, 5.74) is 3.28. The highest BCUT2D eigenvalue weighted by Gasteiger charge is 2.37. The monoisotopic (exact) mass is 331 g/mol. The van der Waals surface area contributed by atoms with Crippen molar-refractivity contribution in [3.8, 4) is 5.75 Å². The molecule has 3 rings (SSSR count). The molecule has 2 aromatic rings. The van der Waals surface area contributed by atoms with Crippen molar-refractivity contribution in [1.29, 1.82) is 0 Å². The second-order valence-corrected chi connectivity index (χ2v) is 7.82. The Morgan fingerprint density at radius 3 is 2.35 bits per heavy atom. The van der Waals surface area contributed by atoms with Crippen LogP contribution in [0, 0.1) is 13.8 Å². The number of benzene rings is 2. The molecule has 0 aliphatic carbocycles. The zero-order chi connectivity index (χ0) is 16.8. The first-order valence-electron chi connectivity index (χ1n) is 7.64. The average Bonchev–Trinajstić information content (AvgIpc) is 2.82. The van der Waals surface area contributed by atoms with Crippen LogP contribution in [0.3, 0.4) is 0 Å². The van der Waals surface area contributed by atoms with Crippen molar-refractivity contribution >= 4 is 15.7 Å². The summed E-state index contributed by atoms with van der Waals surface area (Å²) in [6.07, 6.45) is 0.740. The maximum Gasteiger partial charge on any atom is 0.265 e. The Morgan fingerprint density at radius 2 is 1.74 bits per heavy atom. The van der Waals surface area contributed by atoms with Crippen LogP contribution in [-0.4, -0.2) is 21.6 Å². The molecular formula is C18H21NO3S. The average molecular weight is 331 g/mol. The topological polar surface area (TPSA) is 46.6 Å². The molecule has 122 valence electrons. The van der Waals surface area contributed by atoms with Crippen LogP contribution in [0.2, 0.25) is 0 Å². The minimum atomic E-state index is -3.61. The van der Waals surface area contributed by atoms with Crippen LogP contribution in [0.15, 0.2) is 41.3 Å². The number of sulfonamides is 1. The number of para-hydroxylation sites is 1. The normalized spacial score (nSPS) is 17.2. The molecule has 1 atom stereocenters. The van der Waals surface area contributed by atoms with Crippen LogP contribution in [0.1, 0.15) is 23.6 Å². The van der Waals surface area contributed by atoms with Crippen LogP contribution in [-0.2, 0) is 16.4 Å². The highest BCUT2D eigenvalue weighted by Crippen LogP contribution is 2.38. The summed E-state index contributed by atoms with van der Waals surface area (Å²) in [7, 11) is -2.03. The van der Waals surface area contributed by atoms with E-state index in [0.29, 0.717) is 21.8 Å². The first kappa shape index (κ1) is 15.9. The van der Waals surface area contributed by atoms with Gasteiger partial charge in [0.25, 0.3) is 10.0 Å². The summed E-state index contributed by atoms with van der Waals surface area (Å²) in [6.45, 7) is 5.58. The summed E-state index contributed by atoms with van der Waals surface area (Å²) >= 11 is 0. The Balaban J connectivity index is 2.17. The summed E-state index contributed by atoms with van der Waals surface area (Å²) in [5.74, 6) is 0.675. The molecule has 0 saturated carbocycles. The van der Waals surface area contributed by atoms with E-state index in [1.807, 2.05) is 45.0 Å². The molecule has 1 aliphatic rings. The molecule has 0 radical (unpaired) electrons. The minimum absolute atomic E-state index is 0.0849. The summed E-state index contributed by atoms with van der Waals surface area (Å²) < 4.78 is 33.5. The van der Waals surface area contributed by atoms with Crippen molar-refractivity contribution in [3.05, 3.63) is 53.1 Å². The van der Waals surface area contributed by atoms with Crippen molar-refractivity contribution in [3.63, 3.8) is 0 Å². The Bertz CT molecular complexity index is 835. The van der Waals surface area contributed by atoms with E-state index < -0.39 is 10.0 Å². The van der Waals surface area contributed by atoms with Crippen LogP contribution in [0.5, 0.6) is 5.75 Å². The molecule has 23 heavy (non-hydrogen) atoms. The van der Waals surface area contributed by atoms with E-state index in [2.05, 4.69) is 0 Å². The van der Waals surface area contributed by atoms with Crippen molar-refractivity contribution in [2.45, 2.75) is 38.1 Å². The number of ether oxygens (including phenoxy) is 1. The Hall–Kier alpha value is -2.01. The molecular weight excluding hydrogens is 310 g/mol.